The number of carbonyl (C=O) groups excluding carboxylic acids is 1. The highest BCUT2D eigenvalue weighted by Crippen LogP contribution is 2.25. The minimum Gasteiger partial charge on any atom is -0.383 e. The molecule has 31 heavy (non-hydrogen) atoms. The number of hydrogen-bond acceptors (Lipinski definition) is 6. The van der Waals surface area contributed by atoms with Crippen LogP contribution in [0.15, 0.2) is 58.1 Å². The molecule has 160 valence electrons. The summed E-state index contributed by atoms with van der Waals surface area (Å²) >= 11 is 0. The zero-order valence-electron chi connectivity index (χ0n) is 17.0. The van der Waals surface area contributed by atoms with Crippen LogP contribution in [0, 0.1) is 17.0 Å². The molecule has 0 spiro atoms. The van der Waals surface area contributed by atoms with Crippen molar-refractivity contribution in [2.24, 2.45) is 0 Å². The molecule has 1 amide bonds. The van der Waals surface area contributed by atoms with Crippen LogP contribution in [0.2, 0.25) is 0 Å². The van der Waals surface area contributed by atoms with Gasteiger partial charge in [0.25, 0.3) is 17.2 Å². The Balaban J connectivity index is 2.12. The van der Waals surface area contributed by atoms with Crippen molar-refractivity contribution in [2.45, 2.75) is 20.4 Å². The second-order valence-corrected chi connectivity index (χ2v) is 6.82. The molecule has 0 fully saturated rings. The fourth-order valence-electron chi connectivity index (χ4n) is 3.36. The largest absolute Gasteiger partial charge is 0.383 e. The number of rotatable bonds is 6. The van der Waals surface area contributed by atoms with E-state index in [0.717, 1.165) is 10.5 Å². The van der Waals surface area contributed by atoms with Crippen LogP contribution in [0.1, 0.15) is 28.4 Å². The fraction of sp³-hybridized carbons (Fsp3) is 0.190. The molecular formula is C21H21N5O5. The van der Waals surface area contributed by atoms with Gasteiger partial charge >= 0.3 is 5.69 Å². The molecule has 0 saturated carbocycles. The molecule has 0 unspecified atom stereocenters. The summed E-state index contributed by atoms with van der Waals surface area (Å²) in [5.74, 6) is -0.804. The lowest BCUT2D eigenvalue weighted by Crippen LogP contribution is -2.41. The topological polar surface area (TPSA) is 144 Å². The normalized spacial score (nSPS) is 10.6. The summed E-state index contributed by atoms with van der Waals surface area (Å²) in [7, 11) is 0. The number of aromatic amines is 1. The summed E-state index contributed by atoms with van der Waals surface area (Å²) in [6.07, 6.45) is 0. The lowest BCUT2D eigenvalue weighted by atomic mass is 10.1. The maximum absolute atomic E-state index is 13.2. The van der Waals surface area contributed by atoms with Crippen LogP contribution >= 0.6 is 0 Å². The van der Waals surface area contributed by atoms with Crippen molar-refractivity contribution in [3.63, 3.8) is 0 Å². The van der Waals surface area contributed by atoms with Gasteiger partial charge in [-0.3, -0.25) is 29.3 Å². The number of H-pyrrole nitrogens is 1. The lowest BCUT2D eigenvalue weighted by Gasteiger charge is -2.23. The van der Waals surface area contributed by atoms with E-state index < -0.39 is 22.1 Å². The lowest BCUT2D eigenvalue weighted by molar-refractivity contribution is -0.385. The molecule has 0 atom stereocenters. The van der Waals surface area contributed by atoms with E-state index in [2.05, 4.69) is 4.98 Å². The number of hydrogen-bond donors (Lipinski definition) is 2. The Hall–Kier alpha value is -4.21. The Bertz CT molecular complexity index is 1260. The first-order valence-corrected chi connectivity index (χ1v) is 9.48. The number of carbonyl (C=O) groups is 1. The zero-order chi connectivity index (χ0) is 22.7. The predicted molar refractivity (Wildman–Crippen MR) is 116 cm³/mol. The van der Waals surface area contributed by atoms with Gasteiger partial charge in [-0.15, -0.1) is 0 Å². The van der Waals surface area contributed by atoms with Gasteiger partial charge in [-0.05, 0) is 25.5 Å². The van der Waals surface area contributed by atoms with Gasteiger partial charge in [-0.1, -0.05) is 36.4 Å². The van der Waals surface area contributed by atoms with Crippen molar-refractivity contribution < 1.29 is 9.72 Å². The number of aromatic nitrogens is 2. The van der Waals surface area contributed by atoms with E-state index >= 15 is 0 Å². The van der Waals surface area contributed by atoms with Crippen molar-refractivity contribution in [2.75, 3.05) is 17.2 Å². The molecule has 0 aliphatic rings. The van der Waals surface area contributed by atoms with Gasteiger partial charge in [0.1, 0.15) is 5.82 Å². The number of nitro groups is 1. The highest BCUT2D eigenvalue weighted by atomic mass is 16.6. The molecular weight excluding hydrogens is 402 g/mol. The fourth-order valence-corrected chi connectivity index (χ4v) is 3.36. The van der Waals surface area contributed by atoms with Crippen LogP contribution in [0.3, 0.4) is 0 Å². The third-order valence-electron chi connectivity index (χ3n) is 4.96. The Morgan fingerprint density at radius 3 is 2.45 bits per heavy atom. The molecule has 3 aromatic rings. The molecule has 10 nitrogen and oxygen atoms in total. The van der Waals surface area contributed by atoms with Crippen LogP contribution in [0.5, 0.6) is 0 Å². The SMILES string of the molecule is CCN(C(=O)c1cccc([N+](=O)[O-])c1C)c1c(N)n(Cc2ccccc2)c(=O)[nH]c1=O. The number of nitrogens with two attached hydrogens (primary N) is 1. The van der Waals surface area contributed by atoms with Gasteiger partial charge in [0.15, 0.2) is 5.69 Å². The van der Waals surface area contributed by atoms with Gasteiger partial charge in [0.05, 0.1) is 11.5 Å². The van der Waals surface area contributed by atoms with Gasteiger partial charge in [-0.25, -0.2) is 4.79 Å². The molecule has 3 N–H and O–H groups in total. The van der Waals surface area contributed by atoms with Crippen molar-refractivity contribution >= 4 is 23.1 Å². The van der Waals surface area contributed by atoms with Gasteiger partial charge in [0.2, 0.25) is 0 Å². The Kier molecular flexibility index (Phi) is 6.00. The number of benzene rings is 2. The molecule has 0 aliphatic heterocycles. The van der Waals surface area contributed by atoms with Gasteiger partial charge in [0, 0.05) is 23.7 Å². The van der Waals surface area contributed by atoms with E-state index in [1.807, 2.05) is 6.07 Å². The van der Waals surface area contributed by atoms with Gasteiger partial charge in [-0.2, -0.15) is 0 Å². The van der Waals surface area contributed by atoms with Crippen LogP contribution < -0.4 is 21.9 Å². The van der Waals surface area contributed by atoms with Crippen LogP contribution in [-0.2, 0) is 6.54 Å². The van der Waals surface area contributed by atoms with E-state index in [9.17, 15) is 24.5 Å². The molecule has 0 aliphatic carbocycles. The smallest absolute Gasteiger partial charge is 0.330 e. The highest BCUT2D eigenvalue weighted by molar-refractivity contribution is 6.08. The van der Waals surface area contributed by atoms with Crippen molar-refractivity contribution in [3.8, 4) is 0 Å². The van der Waals surface area contributed by atoms with Crippen LogP contribution in [-0.4, -0.2) is 26.9 Å². The first-order valence-electron chi connectivity index (χ1n) is 9.48. The maximum atomic E-state index is 13.2. The number of amides is 1. The minimum absolute atomic E-state index is 0.0534. The van der Waals surface area contributed by atoms with Gasteiger partial charge < -0.3 is 10.6 Å². The van der Waals surface area contributed by atoms with E-state index in [0.29, 0.717) is 0 Å². The number of nitrogen functional groups attached to an aromatic ring is 1. The Labute approximate surface area is 176 Å². The average Bonchev–Trinajstić information content (AvgIpc) is 2.74. The quantitative estimate of drug-likeness (QED) is 0.459. The van der Waals surface area contributed by atoms with Crippen LogP contribution in [0.4, 0.5) is 17.2 Å². The first-order chi connectivity index (χ1) is 14.8. The molecule has 0 radical (unpaired) electrons. The standard InChI is InChI=1S/C21H21N5O5/c1-3-24(20(28)15-10-7-11-16(13(15)2)26(30)31)17-18(22)25(21(29)23-19(17)27)12-14-8-5-4-6-9-14/h4-11H,3,12,22H2,1-2H3,(H,23,27,29). The number of anilines is 2. The molecule has 1 aromatic heterocycles. The molecule has 10 heteroatoms. The van der Waals surface area contributed by atoms with Crippen molar-refractivity contribution in [1.29, 1.82) is 0 Å². The summed E-state index contributed by atoms with van der Waals surface area (Å²) in [6, 6.07) is 13.2. The highest BCUT2D eigenvalue weighted by Gasteiger charge is 2.27. The van der Waals surface area contributed by atoms with Crippen molar-refractivity contribution in [3.05, 3.63) is 96.2 Å². The summed E-state index contributed by atoms with van der Waals surface area (Å²) < 4.78 is 1.17. The maximum Gasteiger partial charge on any atom is 0.330 e. The number of nitro benzene ring substituents is 1. The molecule has 3 rings (SSSR count). The summed E-state index contributed by atoms with van der Waals surface area (Å²) in [5, 5.41) is 11.2. The van der Waals surface area contributed by atoms with Crippen LogP contribution in [0.25, 0.3) is 0 Å². The second kappa shape index (κ2) is 8.66. The van der Waals surface area contributed by atoms with Crippen molar-refractivity contribution in [1.82, 2.24) is 9.55 Å². The first kappa shape index (κ1) is 21.5. The monoisotopic (exact) mass is 423 g/mol. The van der Waals surface area contributed by atoms with E-state index in [-0.39, 0.29) is 41.4 Å². The summed E-state index contributed by atoms with van der Waals surface area (Å²) in [6.45, 7) is 3.24. The Morgan fingerprint density at radius 2 is 1.84 bits per heavy atom. The number of nitrogens with one attached hydrogen (secondary N) is 1. The molecule has 0 bridgehead atoms. The second-order valence-electron chi connectivity index (χ2n) is 6.82. The van der Waals surface area contributed by atoms with E-state index in [1.54, 1.807) is 31.2 Å². The number of nitrogens with zero attached hydrogens (tertiary/aromatic N) is 3. The predicted octanol–water partition coefficient (Wildman–Crippen LogP) is 2.05. The Morgan fingerprint density at radius 1 is 1.16 bits per heavy atom. The van der Waals surface area contributed by atoms with E-state index in [4.69, 9.17) is 5.73 Å². The third kappa shape index (κ3) is 4.08. The summed E-state index contributed by atoms with van der Waals surface area (Å²) in [5.41, 5.74) is 5.28. The molecule has 0 saturated heterocycles. The molecule has 2 aromatic carbocycles. The zero-order valence-corrected chi connectivity index (χ0v) is 17.0. The minimum atomic E-state index is -0.815. The van der Waals surface area contributed by atoms with E-state index in [1.165, 1.54) is 29.7 Å². The third-order valence-corrected chi connectivity index (χ3v) is 4.96. The average molecular weight is 423 g/mol. The summed E-state index contributed by atoms with van der Waals surface area (Å²) in [4.78, 5) is 52.2. The molecule has 1 heterocycles.